The minimum Gasteiger partial charge on any atom is -0.464 e. The van der Waals surface area contributed by atoms with E-state index in [0.717, 1.165) is 43.4 Å². The van der Waals surface area contributed by atoms with E-state index < -0.39 is 0 Å². The lowest BCUT2D eigenvalue weighted by Gasteiger charge is -2.32. The van der Waals surface area contributed by atoms with E-state index in [2.05, 4.69) is 40.1 Å². The number of rotatable bonds is 4. The second-order valence-corrected chi connectivity index (χ2v) is 6.50. The first-order chi connectivity index (χ1) is 12.2. The lowest BCUT2D eigenvalue weighted by Crippen LogP contribution is -2.37. The van der Waals surface area contributed by atoms with E-state index in [9.17, 15) is 0 Å². The van der Waals surface area contributed by atoms with Crippen molar-refractivity contribution in [3.63, 3.8) is 0 Å². The predicted molar refractivity (Wildman–Crippen MR) is 93.5 cm³/mol. The second kappa shape index (κ2) is 6.82. The third kappa shape index (κ3) is 3.50. The Balaban J connectivity index is 1.45. The number of hydrogen-bond acceptors (Lipinski definition) is 5. The van der Waals surface area contributed by atoms with Gasteiger partial charge in [0.15, 0.2) is 0 Å². The summed E-state index contributed by atoms with van der Waals surface area (Å²) >= 11 is 0. The molecule has 0 spiro atoms. The molecule has 1 unspecified atom stereocenters. The second-order valence-electron chi connectivity index (χ2n) is 6.50. The Hall–Kier alpha value is -2.44. The number of morpholine rings is 1. The molecule has 0 radical (unpaired) electrons. The van der Waals surface area contributed by atoms with Crippen molar-refractivity contribution in [2.45, 2.75) is 26.5 Å². The van der Waals surface area contributed by atoms with Crippen LogP contribution in [0.25, 0.3) is 5.69 Å². The van der Waals surface area contributed by atoms with Gasteiger partial charge in [0, 0.05) is 19.6 Å². The van der Waals surface area contributed by atoms with Gasteiger partial charge in [0.2, 0.25) is 0 Å². The van der Waals surface area contributed by atoms with E-state index >= 15 is 0 Å². The first kappa shape index (κ1) is 16.1. The van der Waals surface area contributed by atoms with Gasteiger partial charge in [-0.3, -0.25) is 4.90 Å². The maximum Gasteiger partial charge on any atom is 0.138 e. The maximum absolute atomic E-state index is 5.88. The molecule has 6 heteroatoms. The van der Waals surface area contributed by atoms with E-state index in [0.29, 0.717) is 0 Å². The Morgan fingerprint density at radius 3 is 2.84 bits per heavy atom. The van der Waals surface area contributed by atoms with Gasteiger partial charge in [0.05, 0.1) is 12.3 Å². The van der Waals surface area contributed by atoms with Crippen molar-refractivity contribution in [2.24, 2.45) is 0 Å². The molecule has 1 aliphatic rings. The highest BCUT2D eigenvalue weighted by molar-refractivity contribution is 5.41. The van der Waals surface area contributed by atoms with Crippen LogP contribution in [-0.2, 0) is 11.3 Å². The van der Waals surface area contributed by atoms with Crippen LogP contribution in [0.1, 0.15) is 28.8 Å². The highest BCUT2D eigenvalue weighted by Crippen LogP contribution is 2.25. The van der Waals surface area contributed by atoms with Crippen LogP contribution >= 0.6 is 0 Å². The topological polar surface area (TPSA) is 56.3 Å². The standard InChI is InChI=1S/C19H22N4O2/c1-14-9-16(4-5-17(14)23-13-20-12-21-23)10-22-7-8-24-19(11-22)18-6-3-15(2)25-18/h3-6,9,12-13,19H,7-8,10-11H2,1-2H3. The first-order valence-corrected chi connectivity index (χ1v) is 8.54. The van der Waals surface area contributed by atoms with Crippen molar-refractivity contribution < 1.29 is 9.15 Å². The first-order valence-electron chi connectivity index (χ1n) is 8.54. The molecule has 0 amide bonds. The number of furan rings is 1. The Bertz CT molecular complexity index is 841. The summed E-state index contributed by atoms with van der Waals surface area (Å²) in [6.07, 6.45) is 3.29. The van der Waals surface area contributed by atoms with Gasteiger partial charge in [-0.1, -0.05) is 12.1 Å². The third-order valence-corrected chi connectivity index (χ3v) is 4.56. The Morgan fingerprint density at radius 1 is 1.20 bits per heavy atom. The van der Waals surface area contributed by atoms with Crippen LogP contribution in [0.3, 0.4) is 0 Å². The summed E-state index contributed by atoms with van der Waals surface area (Å²) in [5, 5.41) is 4.21. The van der Waals surface area contributed by atoms with Gasteiger partial charge in [0.25, 0.3) is 0 Å². The van der Waals surface area contributed by atoms with Crippen molar-refractivity contribution in [1.29, 1.82) is 0 Å². The molecule has 130 valence electrons. The zero-order chi connectivity index (χ0) is 17.2. The molecule has 2 aromatic heterocycles. The quantitative estimate of drug-likeness (QED) is 0.732. The fourth-order valence-corrected chi connectivity index (χ4v) is 3.31. The smallest absolute Gasteiger partial charge is 0.138 e. The molecule has 0 bridgehead atoms. The van der Waals surface area contributed by atoms with Crippen molar-refractivity contribution in [1.82, 2.24) is 19.7 Å². The minimum absolute atomic E-state index is 0.0120. The Labute approximate surface area is 147 Å². The average molecular weight is 338 g/mol. The number of nitrogens with zero attached hydrogens (tertiary/aromatic N) is 4. The third-order valence-electron chi connectivity index (χ3n) is 4.56. The molecule has 1 saturated heterocycles. The molecule has 25 heavy (non-hydrogen) atoms. The molecule has 0 N–H and O–H groups in total. The zero-order valence-corrected chi connectivity index (χ0v) is 14.6. The van der Waals surface area contributed by atoms with Crippen LogP contribution in [0.15, 0.2) is 47.4 Å². The molecular formula is C19H22N4O2. The summed E-state index contributed by atoms with van der Waals surface area (Å²) in [4.78, 5) is 6.43. The van der Waals surface area contributed by atoms with Crippen molar-refractivity contribution >= 4 is 0 Å². The van der Waals surface area contributed by atoms with Crippen LogP contribution in [0, 0.1) is 13.8 Å². The molecule has 3 aromatic rings. The van der Waals surface area contributed by atoms with Gasteiger partial charge >= 0.3 is 0 Å². The predicted octanol–water partition coefficient (Wildman–Crippen LogP) is 3.05. The molecule has 6 nitrogen and oxygen atoms in total. The molecule has 0 aliphatic carbocycles. The number of ether oxygens (including phenoxy) is 1. The Kier molecular flexibility index (Phi) is 4.38. The lowest BCUT2D eigenvalue weighted by molar-refractivity contribution is -0.0430. The van der Waals surface area contributed by atoms with Gasteiger partial charge in [-0.15, -0.1) is 0 Å². The van der Waals surface area contributed by atoms with E-state index in [-0.39, 0.29) is 6.10 Å². The average Bonchev–Trinajstić information content (AvgIpc) is 3.27. The van der Waals surface area contributed by atoms with E-state index in [1.807, 2.05) is 19.1 Å². The summed E-state index contributed by atoms with van der Waals surface area (Å²) < 4.78 is 13.4. The SMILES string of the molecule is Cc1ccc(C2CN(Cc3ccc(-n4cncn4)c(C)c3)CCO2)o1. The summed E-state index contributed by atoms with van der Waals surface area (Å²) in [5.74, 6) is 1.84. The molecule has 0 saturated carbocycles. The largest absolute Gasteiger partial charge is 0.464 e. The summed E-state index contributed by atoms with van der Waals surface area (Å²) in [6, 6.07) is 10.5. The highest BCUT2D eigenvalue weighted by atomic mass is 16.5. The lowest BCUT2D eigenvalue weighted by atomic mass is 10.1. The molecule has 1 fully saturated rings. The van der Waals surface area contributed by atoms with Gasteiger partial charge in [-0.25, -0.2) is 9.67 Å². The Morgan fingerprint density at radius 2 is 2.12 bits per heavy atom. The summed E-state index contributed by atoms with van der Waals surface area (Å²) in [7, 11) is 0. The molecule has 4 rings (SSSR count). The number of aromatic nitrogens is 3. The van der Waals surface area contributed by atoms with Crippen LogP contribution in [0.2, 0.25) is 0 Å². The van der Waals surface area contributed by atoms with E-state index in [4.69, 9.17) is 9.15 Å². The summed E-state index contributed by atoms with van der Waals surface area (Å²) in [5.41, 5.74) is 3.54. The van der Waals surface area contributed by atoms with Crippen LogP contribution in [0.5, 0.6) is 0 Å². The fourth-order valence-electron chi connectivity index (χ4n) is 3.31. The van der Waals surface area contributed by atoms with Gasteiger partial charge in [-0.05, 0) is 43.2 Å². The van der Waals surface area contributed by atoms with Gasteiger partial charge in [0.1, 0.15) is 30.3 Å². The van der Waals surface area contributed by atoms with Crippen LogP contribution in [-0.4, -0.2) is 39.4 Å². The van der Waals surface area contributed by atoms with Crippen molar-refractivity contribution in [3.05, 3.63) is 65.6 Å². The molecule has 3 heterocycles. The van der Waals surface area contributed by atoms with Gasteiger partial charge in [-0.2, -0.15) is 5.10 Å². The fraction of sp³-hybridized carbons (Fsp3) is 0.368. The summed E-state index contributed by atoms with van der Waals surface area (Å²) in [6.45, 7) is 7.47. The van der Waals surface area contributed by atoms with E-state index in [1.54, 1.807) is 17.3 Å². The minimum atomic E-state index is 0.0120. The highest BCUT2D eigenvalue weighted by Gasteiger charge is 2.24. The normalized spacial score (nSPS) is 18.6. The zero-order valence-electron chi connectivity index (χ0n) is 14.6. The molecule has 1 aliphatic heterocycles. The van der Waals surface area contributed by atoms with Crippen LogP contribution < -0.4 is 0 Å². The molecule has 1 atom stereocenters. The van der Waals surface area contributed by atoms with Crippen LogP contribution in [0.4, 0.5) is 0 Å². The maximum atomic E-state index is 5.88. The monoisotopic (exact) mass is 338 g/mol. The molecule has 1 aromatic carbocycles. The van der Waals surface area contributed by atoms with E-state index in [1.165, 1.54) is 11.1 Å². The number of benzene rings is 1. The number of hydrogen-bond donors (Lipinski definition) is 0. The number of aryl methyl sites for hydroxylation is 2. The van der Waals surface area contributed by atoms with Gasteiger partial charge < -0.3 is 9.15 Å². The van der Waals surface area contributed by atoms with Crippen molar-refractivity contribution in [3.8, 4) is 5.69 Å². The van der Waals surface area contributed by atoms with Crippen molar-refractivity contribution in [2.75, 3.05) is 19.7 Å². The molecular weight excluding hydrogens is 316 g/mol.